The van der Waals surface area contributed by atoms with E-state index in [2.05, 4.69) is 0 Å². The number of rotatable bonds is 1. The third-order valence-corrected chi connectivity index (χ3v) is 1.16. The molecular weight excluding hydrogens is 171 g/mol. The van der Waals surface area contributed by atoms with Gasteiger partial charge in [-0.1, -0.05) is 6.07 Å². The molecule has 0 aliphatic rings. The van der Waals surface area contributed by atoms with Crippen LogP contribution in [0.1, 0.15) is 4.79 Å². The van der Waals surface area contributed by atoms with E-state index in [0.29, 0.717) is 0 Å². The SMILES string of the molecule is O=C(C(F)F)[n+]1ccccc1.[F-]. The molecule has 0 atom stereocenters. The van der Waals surface area contributed by atoms with Crippen LogP contribution in [0, 0.1) is 0 Å². The Hall–Kier alpha value is -1.39. The standard InChI is InChI=1S/C7H6F2NO.FH/c8-6(9)7(11)10-4-2-1-3-5-10;/h1-6H;1H/q+1;/p-1. The minimum absolute atomic E-state index is 0. The summed E-state index contributed by atoms with van der Waals surface area (Å²) in [6, 6.07) is 4.68. The van der Waals surface area contributed by atoms with Crippen molar-refractivity contribution in [2.24, 2.45) is 0 Å². The van der Waals surface area contributed by atoms with E-state index >= 15 is 0 Å². The molecule has 0 N–H and O–H groups in total. The van der Waals surface area contributed by atoms with Gasteiger partial charge in [-0.25, -0.2) is 4.79 Å². The lowest BCUT2D eigenvalue weighted by molar-refractivity contribution is -0.578. The van der Waals surface area contributed by atoms with Crippen molar-refractivity contribution in [3.05, 3.63) is 30.6 Å². The first-order valence-corrected chi connectivity index (χ1v) is 3.00. The zero-order chi connectivity index (χ0) is 8.27. The first-order chi connectivity index (χ1) is 5.22. The molecule has 1 aromatic heterocycles. The molecule has 0 fully saturated rings. The Morgan fingerprint density at radius 3 is 2.08 bits per heavy atom. The maximum Gasteiger partial charge on any atom is 0.458 e. The first kappa shape index (κ1) is 10.6. The summed E-state index contributed by atoms with van der Waals surface area (Å²) in [5.41, 5.74) is 0. The molecule has 0 aromatic carbocycles. The average molecular weight is 177 g/mol. The minimum Gasteiger partial charge on any atom is -1.00 e. The van der Waals surface area contributed by atoms with E-state index in [9.17, 15) is 13.6 Å². The van der Waals surface area contributed by atoms with Gasteiger partial charge in [0.2, 0.25) is 0 Å². The van der Waals surface area contributed by atoms with Crippen molar-refractivity contribution in [3.8, 4) is 0 Å². The molecule has 0 saturated heterocycles. The normalized spacial score (nSPS) is 9.25. The van der Waals surface area contributed by atoms with E-state index in [0.717, 1.165) is 4.57 Å². The van der Waals surface area contributed by atoms with Crippen molar-refractivity contribution in [1.82, 2.24) is 0 Å². The molecular formula is C7H6F3NO. The van der Waals surface area contributed by atoms with Gasteiger partial charge in [0.1, 0.15) is 0 Å². The summed E-state index contributed by atoms with van der Waals surface area (Å²) in [5, 5.41) is 0. The van der Waals surface area contributed by atoms with Gasteiger partial charge in [0.25, 0.3) is 0 Å². The smallest absolute Gasteiger partial charge is 0.458 e. The van der Waals surface area contributed by atoms with Gasteiger partial charge < -0.3 is 4.70 Å². The Labute approximate surface area is 66.8 Å². The molecule has 0 radical (unpaired) electrons. The highest BCUT2D eigenvalue weighted by Gasteiger charge is 2.25. The Morgan fingerprint density at radius 2 is 1.67 bits per heavy atom. The van der Waals surface area contributed by atoms with Crippen LogP contribution in [0.4, 0.5) is 8.78 Å². The third kappa shape index (κ3) is 2.34. The van der Waals surface area contributed by atoms with E-state index in [1.54, 1.807) is 6.07 Å². The third-order valence-electron chi connectivity index (χ3n) is 1.16. The maximum atomic E-state index is 11.7. The van der Waals surface area contributed by atoms with E-state index in [1.165, 1.54) is 24.5 Å². The van der Waals surface area contributed by atoms with Crippen LogP contribution in [0.25, 0.3) is 0 Å². The molecule has 1 rings (SSSR count). The number of hydrogen-bond acceptors (Lipinski definition) is 1. The lowest BCUT2D eigenvalue weighted by Gasteiger charge is -1.90. The Morgan fingerprint density at radius 1 is 1.17 bits per heavy atom. The quantitative estimate of drug-likeness (QED) is 0.449. The van der Waals surface area contributed by atoms with Crippen molar-refractivity contribution in [1.29, 1.82) is 0 Å². The Balaban J connectivity index is 0.00000121. The first-order valence-electron chi connectivity index (χ1n) is 3.00. The highest BCUT2D eigenvalue weighted by Crippen LogP contribution is 1.91. The predicted molar refractivity (Wildman–Crippen MR) is 33.3 cm³/mol. The Kier molecular flexibility index (Phi) is 3.96. The molecule has 1 heterocycles. The molecule has 0 spiro atoms. The predicted octanol–water partition coefficient (Wildman–Crippen LogP) is -2.12. The monoisotopic (exact) mass is 177 g/mol. The van der Waals surface area contributed by atoms with Crippen molar-refractivity contribution in [3.63, 3.8) is 0 Å². The summed E-state index contributed by atoms with van der Waals surface area (Å²) in [4.78, 5) is 10.6. The fraction of sp³-hybridized carbons (Fsp3) is 0.143. The van der Waals surface area contributed by atoms with E-state index in [-0.39, 0.29) is 4.70 Å². The van der Waals surface area contributed by atoms with Gasteiger partial charge in [0.05, 0.1) is 0 Å². The summed E-state index contributed by atoms with van der Waals surface area (Å²) < 4.78 is 24.3. The van der Waals surface area contributed by atoms with E-state index in [4.69, 9.17) is 0 Å². The van der Waals surface area contributed by atoms with Gasteiger partial charge in [-0.15, -0.1) is 4.57 Å². The maximum absolute atomic E-state index is 11.7. The van der Waals surface area contributed by atoms with Crippen LogP contribution in [0.2, 0.25) is 0 Å². The van der Waals surface area contributed by atoms with Crippen LogP contribution in [-0.2, 0) is 0 Å². The molecule has 5 heteroatoms. The molecule has 0 aliphatic carbocycles. The number of carbonyl (C=O) groups is 1. The van der Waals surface area contributed by atoms with Crippen molar-refractivity contribution in [2.45, 2.75) is 6.43 Å². The van der Waals surface area contributed by atoms with Crippen LogP contribution in [0.3, 0.4) is 0 Å². The highest BCUT2D eigenvalue weighted by molar-refractivity contribution is 5.69. The topological polar surface area (TPSA) is 20.9 Å². The lowest BCUT2D eigenvalue weighted by Crippen LogP contribution is -3.00. The molecule has 2 nitrogen and oxygen atoms in total. The van der Waals surface area contributed by atoms with Gasteiger partial charge in [0, 0.05) is 12.1 Å². The summed E-state index contributed by atoms with van der Waals surface area (Å²) in [5.74, 6) is -1.20. The molecule has 0 unspecified atom stereocenters. The largest absolute Gasteiger partial charge is 1.00 e. The average Bonchev–Trinajstić information content (AvgIpc) is 2.05. The van der Waals surface area contributed by atoms with Gasteiger partial charge in [-0.2, -0.15) is 8.78 Å². The highest BCUT2D eigenvalue weighted by atomic mass is 19.3. The summed E-state index contributed by atoms with van der Waals surface area (Å²) in [7, 11) is 0. The van der Waals surface area contributed by atoms with Crippen LogP contribution >= 0.6 is 0 Å². The fourth-order valence-electron chi connectivity index (χ4n) is 0.658. The summed E-state index contributed by atoms with van der Waals surface area (Å²) in [6.45, 7) is 0. The zero-order valence-corrected chi connectivity index (χ0v) is 5.95. The second kappa shape index (κ2) is 4.48. The fourth-order valence-corrected chi connectivity index (χ4v) is 0.658. The zero-order valence-electron chi connectivity index (χ0n) is 5.95. The molecule has 0 saturated carbocycles. The summed E-state index contributed by atoms with van der Waals surface area (Å²) in [6.07, 6.45) is -0.370. The molecule has 66 valence electrons. The molecule has 12 heavy (non-hydrogen) atoms. The molecule has 0 aliphatic heterocycles. The Bertz CT molecular complexity index is 250. The van der Waals surface area contributed by atoms with Crippen LogP contribution in [0.5, 0.6) is 0 Å². The van der Waals surface area contributed by atoms with E-state index in [1.807, 2.05) is 0 Å². The van der Waals surface area contributed by atoms with Crippen molar-refractivity contribution < 1.29 is 22.8 Å². The van der Waals surface area contributed by atoms with Crippen LogP contribution in [-0.4, -0.2) is 12.3 Å². The van der Waals surface area contributed by atoms with Crippen molar-refractivity contribution >= 4 is 5.91 Å². The molecule has 0 amide bonds. The van der Waals surface area contributed by atoms with E-state index < -0.39 is 12.3 Å². The molecule has 1 aromatic rings. The second-order valence-electron chi connectivity index (χ2n) is 1.92. The van der Waals surface area contributed by atoms with Gasteiger partial charge >= 0.3 is 12.3 Å². The summed E-state index contributed by atoms with van der Waals surface area (Å²) >= 11 is 0. The number of hydrogen-bond donors (Lipinski definition) is 0. The van der Waals surface area contributed by atoms with Crippen LogP contribution in [0.15, 0.2) is 30.6 Å². The van der Waals surface area contributed by atoms with Crippen molar-refractivity contribution in [2.75, 3.05) is 0 Å². The van der Waals surface area contributed by atoms with Gasteiger partial charge in [0.15, 0.2) is 12.4 Å². The number of halogens is 3. The number of aromatic nitrogens is 1. The number of pyridine rings is 1. The minimum atomic E-state index is -2.94. The van der Waals surface area contributed by atoms with Gasteiger partial charge in [-0.3, -0.25) is 0 Å². The lowest BCUT2D eigenvalue weighted by atomic mass is 10.5. The molecule has 0 bridgehead atoms. The van der Waals surface area contributed by atoms with Gasteiger partial charge in [-0.05, 0) is 0 Å². The van der Waals surface area contributed by atoms with Crippen LogP contribution < -0.4 is 9.27 Å². The number of alkyl halides is 2. The number of nitrogens with zero attached hydrogens (tertiary/aromatic N) is 1. The second-order valence-corrected chi connectivity index (χ2v) is 1.92. The number of carbonyl (C=O) groups excluding carboxylic acids is 1.